The fourth-order valence-corrected chi connectivity index (χ4v) is 3.28. The fraction of sp³-hybridized carbons (Fsp3) is 0.667. The molecule has 27 heavy (non-hydrogen) atoms. The smallest absolute Gasteiger partial charge is 0.191 e. The van der Waals surface area contributed by atoms with Crippen molar-refractivity contribution in [2.24, 2.45) is 10.9 Å². The van der Waals surface area contributed by atoms with Crippen LogP contribution in [0.25, 0.3) is 0 Å². The number of anilines is 1. The lowest BCUT2D eigenvalue weighted by Gasteiger charge is -2.32. The molecular formula is C21H37IN4O. The maximum Gasteiger partial charge on any atom is 0.191 e. The van der Waals surface area contributed by atoms with Crippen molar-refractivity contribution in [3.63, 3.8) is 0 Å². The Labute approximate surface area is 182 Å². The van der Waals surface area contributed by atoms with Gasteiger partial charge in [0.15, 0.2) is 5.96 Å². The number of halogens is 1. The second-order valence-electron chi connectivity index (χ2n) is 7.11. The monoisotopic (exact) mass is 488 g/mol. The third kappa shape index (κ3) is 8.68. The summed E-state index contributed by atoms with van der Waals surface area (Å²) < 4.78 is 0. The Kier molecular flexibility index (Phi) is 12.5. The van der Waals surface area contributed by atoms with Gasteiger partial charge < -0.3 is 20.6 Å². The quantitative estimate of drug-likeness (QED) is 0.215. The van der Waals surface area contributed by atoms with Crippen LogP contribution in [0.5, 0.6) is 0 Å². The Morgan fingerprint density at radius 1 is 1.11 bits per heavy atom. The van der Waals surface area contributed by atoms with E-state index in [1.807, 2.05) is 0 Å². The number of hydrogen-bond donors (Lipinski definition) is 3. The number of nitrogens with one attached hydrogen (secondary N) is 2. The molecular weight excluding hydrogens is 451 g/mol. The Balaban J connectivity index is 0.00000364. The fourth-order valence-electron chi connectivity index (χ4n) is 3.28. The van der Waals surface area contributed by atoms with Crippen LogP contribution >= 0.6 is 24.0 Å². The average Bonchev–Trinajstić information content (AvgIpc) is 2.70. The molecule has 0 unspecified atom stereocenters. The van der Waals surface area contributed by atoms with E-state index >= 15 is 0 Å². The van der Waals surface area contributed by atoms with Crippen LogP contribution in [0.1, 0.15) is 51.5 Å². The molecule has 0 amide bonds. The largest absolute Gasteiger partial charge is 0.396 e. The molecule has 0 aromatic heterocycles. The molecule has 0 saturated carbocycles. The Morgan fingerprint density at radius 3 is 2.41 bits per heavy atom. The normalized spacial score (nSPS) is 15.4. The number of piperidine rings is 1. The first kappa shape index (κ1) is 24.0. The van der Waals surface area contributed by atoms with E-state index < -0.39 is 0 Å². The third-order valence-corrected chi connectivity index (χ3v) is 5.01. The van der Waals surface area contributed by atoms with Crippen molar-refractivity contribution in [2.45, 2.75) is 52.5 Å². The molecule has 6 heteroatoms. The van der Waals surface area contributed by atoms with Gasteiger partial charge in [-0.3, -0.25) is 0 Å². The minimum atomic E-state index is 0. The van der Waals surface area contributed by atoms with Crippen molar-refractivity contribution in [3.8, 4) is 0 Å². The van der Waals surface area contributed by atoms with Crippen molar-refractivity contribution >= 4 is 35.6 Å². The van der Waals surface area contributed by atoms with Crippen LogP contribution in [0, 0.1) is 5.92 Å². The average molecular weight is 488 g/mol. The summed E-state index contributed by atoms with van der Waals surface area (Å²) in [6.45, 7) is 9.26. The highest BCUT2D eigenvalue weighted by Crippen LogP contribution is 2.23. The van der Waals surface area contributed by atoms with Crippen molar-refractivity contribution in [3.05, 3.63) is 29.8 Å². The van der Waals surface area contributed by atoms with Gasteiger partial charge in [0.25, 0.3) is 0 Å². The van der Waals surface area contributed by atoms with Gasteiger partial charge in [-0.2, -0.15) is 0 Å². The molecule has 1 aliphatic heterocycles. The summed E-state index contributed by atoms with van der Waals surface area (Å²) in [4.78, 5) is 7.11. The maximum absolute atomic E-state index is 9.27. The molecule has 1 aromatic rings. The molecule has 0 radical (unpaired) electrons. The van der Waals surface area contributed by atoms with Crippen molar-refractivity contribution < 1.29 is 5.11 Å². The highest BCUT2D eigenvalue weighted by atomic mass is 127. The number of aliphatic imine (C=N–C) groups is 1. The van der Waals surface area contributed by atoms with Gasteiger partial charge in [-0.1, -0.05) is 31.9 Å². The standard InChI is InChI=1S/C21H36N4O.HI/c1-3-5-6-13-23-21(22-4-2)24-16-18-7-9-20(10-8-18)25-14-11-19(17-26)12-15-25;/h7-10,19,26H,3-6,11-17H2,1-2H3,(H2,22,23,24);1H. The van der Waals surface area contributed by atoms with Crippen molar-refractivity contribution in [2.75, 3.05) is 37.7 Å². The molecule has 1 saturated heterocycles. The van der Waals surface area contributed by atoms with Crippen molar-refractivity contribution in [1.29, 1.82) is 0 Å². The topological polar surface area (TPSA) is 59.9 Å². The zero-order valence-corrected chi connectivity index (χ0v) is 19.2. The molecule has 1 aliphatic rings. The van der Waals surface area contributed by atoms with Gasteiger partial charge in [0.1, 0.15) is 0 Å². The molecule has 0 spiro atoms. The first-order valence-electron chi connectivity index (χ1n) is 10.2. The number of hydrogen-bond acceptors (Lipinski definition) is 3. The molecule has 0 atom stereocenters. The zero-order chi connectivity index (χ0) is 18.6. The second kappa shape index (κ2) is 14.0. The summed E-state index contributed by atoms with van der Waals surface area (Å²) in [5.74, 6) is 1.38. The number of unbranched alkanes of at least 4 members (excludes halogenated alkanes) is 2. The SMILES string of the molecule is CCCCCNC(=NCc1ccc(N2CCC(CO)CC2)cc1)NCC.I. The summed E-state index contributed by atoms with van der Waals surface area (Å²) in [7, 11) is 0. The number of rotatable bonds is 9. The summed E-state index contributed by atoms with van der Waals surface area (Å²) >= 11 is 0. The van der Waals surface area contributed by atoms with Crippen LogP contribution in [0.3, 0.4) is 0 Å². The maximum atomic E-state index is 9.27. The number of aliphatic hydroxyl groups excluding tert-OH is 1. The van der Waals surface area contributed by atoms with E-state index in [4.69, 9.17) is 4.99 Å². The second-order valence-corrected chi connectivity index (χ2v) is 7.11. The Hall–Kier alpha value is -1.02. The zero-order valence-electron chi connectivity index (χ0n) is 16.9. The highest BCUT2D eigenvalue weighted by Gasteiger charge is 2.18. The van der Waals surface area contributed by atoms with Gasteiger partial charge in [0, 0.05) is 38.5 Å². The first-order valence-corrected chi connectivity index (χ1v) is 10.2. The third-order valence-electron chi connectivity index (χ3n) is 5.01. The van der Waals surface area contributed by atoms with E-state index in [0.717, 1.165) is 45.0 Å². The number of aliphatic hydroxyl groups is 1. The number of guanidine groups is 1. The van der Waals surface area contributed by atoms with Crippen LogP contribution in [-0.4, -0.2) is 43.9 Å². The molecule has 5 nitrogen and oxygen atoms in total. The molecule has 0 bridgehead atoms. The van der Waals surface area contributed by atoms with Crippen LogP contribution in [0.15, 0.2) is 29.3 Å². The van der Waals surface area contributed by atoms with Crippen LogP contribution in [0.2, 0.25) is 0 Å². The predicted octanol–water partition coefficient (Wildman–Crippen LogP) is 3.76. The van der Waals surface area contributed by atoms with Gasteiger partial charge in [0.2, 0.25) is 0 Å². The Bertz CT molecular complexity index is 527. The molecule has 2 rings (SSSR count). The van der Waals surface area contributed by atoms with Crippen molar-refractivity contribution in [1.82, 2.24) is 10.6 Å². The lowest BCUT2D eigenvalue weighted by Crippen LogP contribution is -2.37. The molecule has 0 aliphatic carbocycles. The molecule has 1 heterocycles. The lowest BCUT2D eigenvalue weighted by atomic mass is 9.97. The van der Waals surface area contributed by atoms with E-state index in [1.165, 1.54) is 30.5 Å². The minimum absolute atomic E-state index is 0. The highest BCUT2D eigenvalue weighted by molar-refractivity contribution is 14.0. The van der Waals surface area contributed by atoms with Gasteiger partial charge in [-0.05, 0) is 49.8 Å². The van der Waals surface area contributed by atoms with E-state index in [1.54, 1.807) is 0 Å². The molecule has 1 fully saturated rings. The van der Waals surface area contributed by atoms with E-state index in [9.17, 15) is 5.11 Å². The molecule has 154 valence electrons. The van der Waals surface area contributed by atoms with Crippen LogP contribution in [-0.2, 0) is 6.54 Å². The molecule has 1 aromatic carbocycles. The lowest BCUT2D eigenvalue weighted by molar-refractivity contribution is 0.203. The summed E-state index contributed by atoms with van der Waals surface area (Å²) in [5, 5.41) is 16.0. The minimum Gasteiger partial charge on any atom is -0.396 e. The summed E-state index contributed by atoms with van der Waals surface area (Å²) in [6, 6.07) is 8.76. The van der Waals surface area contributed by atoms with Gasteiger partial charge in [0.05, 0.1) is 6.54 Å². The first-order chi connectivity index (χ1) is 12.8. The van der Waals surface area contributed by atoms with Gasteiger partial charge in [-0.25, -0.2) is 4.99 Å². The Morgan fingerprint density at radius 2 is 1.81 bits per heavy atom. The van der Waals surface area contributed by atoms with Crippen LogP contribution < -0.4 is 15.5 Å². The van der Waals surface area contributed by atoms with Gasteiger partial charge >= 0.3 is 0 Å². The van der Waals surface area contributed by atoms with E-state index in [2.05, 4.69) is 53.6 Å². The predicted molar refractivity (Wildman–Crippen MR) is 126 cm³/mol. The summed E-state index contributed by atoms with van der Waals surface area (Å²) in [5.41, 5.74) is 2.50. The number of benzene rings is 1. The number of nitrogens with zero attached hydrogens (tertiary/aromatic N) is 2. The van der Waals surface area contributed by atoms with E-state index in [0.29, 0.717) is 19.1 Å². The van der Waals surface area contributed by atoms with Crippen LogP contribution in [0.4, 0.5) is 5.69 Å². The molecule has 3 N–H and O–H groups in total. The van der Waals surface area contributed by atoms with Gasteiger partial charge in [-0.15, -0.1) is 24.0 Å². The van der Waals surface area contributed by atoms with E-state index in [-0.39, 0.29) is 24.0 Å². The summed E-state index contributed by atoms with van der Waals surface area (Å²) in [6.07, 6.45) is 5.84.